The summed E-state index contributed by atoms with van der Waals surface area (Å²) in [7, 11) is 3.46. The molecule has 1 heterocycles. The first-order chi connectivity index (χ1) is 13.0. The second-order valence-corrected chi connectivity index (χ2v) is 7.60. The molecule has 0 aliphatic rings. The Morgan fingerprint density at radius 2 is 1.96 bits per heavy atom. The standard InChI is InChI=1S/C19H19ClN4O2S/c1-12(18(25)21-15-5-4-6-16(11-15)26-3)27-19-23-22-17(24(19)2)13-7-9-14(20)10-8-13/h4-12H,1-3H3,(H,21,25)/t12-/m0/s1. The van der Waals surface area contributed by atoms with Crippen molar-refractivity contribution in [2.75, 3.05) is 12.4 Å². The third kappa shape index (κ3) is 4.61. The number of hydrogen-bond donors (Lipinski definition) is 1. The van der Waals surface area contributed by atoms with Crippen LogP contribution in [-0.4, -0.2) is 33.0 Å². The van der Waals surface area contributed by atoms with Crippen molar-refractivity contribution in [3.8, 4) is 17.1 Å². The van der Waals surface area contributed by atoms with Crippen LogP contribution in [0.1, 0.15) is 6.92 Å². The third-order valence-electron chi connectivity index (χ3n) is 3.93. The lowest BCUT2D eigenvalue weighted by Crippen LogP contribution is -2.22. The van der Waals surface area contributed by atoms with Crippen LogP contribution in [0.2, 0.25) is 5.02 Å². The predicted molar refractivity (Wildman–Crippen MR) is 108 cm³/mol. The smallest absolute Gasteiger partial charge is 0.237 e. The SMILES string of the molecule is COc1cccc(NC(=O)[C@H](C)Sc2nnc(-c3ccc(Cl)cc3)n2C)c1. The summed E-state index contributed by atoms with van der Waals surface area (Å²) in [4.78, 5) is 12.5. The van der Waals surface area contributed by atoms with Crippen LogP contribution in [-0.2, 0) is 11.8 Å². The number of thioether (sulfide) groups is 1. The van der Waals surface area contributed by atoms with E-state index in [2.05, 4.69) is 15.5 Å². The molecule has 0 spiro atoms. The number of halogens is 1. The fraction of sp³-hybridized carbons (Fsp3) is 0.211. The monoisotopic (exact) mass is 402 g/mol. The van der Waals surface area contributed by atoms with Gasteiger partial charge in [0, 0.05) is 29.4 Å². The van der Waals surface area contributed by atoms with E-state index in [1.165, 1.54) is 11.8 Å². The van der Waals surface area contributed by atoms with Crippen molar-refractivity contribution in [1.82, 2.24) is 14.8 Å². The molecule has 0 unspecified atom stereocenters. The molecule has 1 N–H and O–H groups in total. The molecule has 1 amide bonds. The maximum absolute atomic E-state index is 12.5. The number of hydrogen-bond acceptors (Lipinski definition) is 5. The van der Waals surface area contributed by atoms with Gasteiger partial charge in [-0.15, -0.1) is 10.2 Å². The lowest BCUT2D eigenvalue weighted by atomic mass is 10.2. The van der Waals surface area contributed by atoms with Crippen molar-refractivity contribution in [1.29, 1.82) is 0 Å². The van der Waals surface area contributed by atoms with Gasteiger partial charge in [0.05, 0.1) is 12.4 Å². The summed E-state index contributed by atoms with van der Waals surface area (Å²) in [6, 6.07) is 14.6. The predicted octanol–water partition coefficient (Wildman–Crippen LogP) is 4.26. The van der Waals surface area contributed by atoms with E-state index in [1.54, 1.807) is 13.2 Å². The molecule has 8 heteroatoms. The first-order valence-electron chi connectivity index (χ1n) is 8.25. The van der Waals surface area contributed by atoms with E-state index in [1.807, 2.05) is 61.0 Å². The van der Waals surface area contributed by atoms with Crippen molar-refractivity contribution in [2.24, 2.45) is 7.05 Å². The molecule has 3 rings (SSSR count). The largest absolute Gasteiger partial charge is 0.497 e. The number of nitrogens with zero attached hydrogens (tertiary/aromatic N) is 3. The number of aromatic nitrogens is 3. The lowest BCUT2D eigenvalue weighted by Gasteiger charge is -2.12. The molecule has 0 radical (unpaired) electrons. The van der Waals surface area contributed by atoms with Crippen LogP contribution < -0.4 is 10.1 Å². The quantitative estimate of drug-likeness (QED) is 0.624. The second-order valence-electron chi connectivity index (χ2n) is 5.85. The van der Waals surface area contributed by atoms with Gasteiger partial charge >= 0.3 is 0 Å². The van der Waals surface area contributed by atoms with Crippen molar-refractivity contribution < 1.29 is 9.53 Å². The van der Waals surface area contributed by atoms with Crippen LogP contribution in [0, 0.1) is 0 Å². The fourth-order valence-electron chi connectivity index (χ4n) is 2.42. The first-order valence-corrected chi connectivity index (χ1v) is 9.50. The molecule has 2 aromatic carbocycles. The zero-order chi connectivity index (χ0) is 19.4. The summed E-state index contributed by atoms with van der Waals surface area (Å²) in [5.41, 5.74) is 1.60. The van der Waals surface area contributed by atoms with Gasteiger partial charge in [0.1, 0.15) is 5.75 Å². The molecule has 3 aromatic rings. The van der Waals surface area contributed by atoms with E-state index in [0.29, 0.717) is 21.6 Å². The molecule has 0 aliphatic carbocycles. The summed E-state index contributed by atoms with van der Waals surface area (Å²) in [6.45, 7) is 1.83. The normalized spacial score (nSPS) is 11.9. The molecule has 1 atom stereocenters. The van der Waals surface area contributed by atoms with E-state index in [9.17, 15) is 4.79 Å². The van der Waals surface area contributed by atoms with Crippen molar-refractivity contribution in [3.63, 3.8) is 0 Å². The maximum Gasteiger partial charge on any atom is 0.237 e. The lowest BCUT2D eigenvalue weighted by molar-refractivity contribution is -0.115. The Balaban J connectivity index is 1.69. The number of benzene rings is 2. The number of rotatable bonds is 6. The van der Waals surface area contributed by atoms with Crippen LogP contribution in [0.25, 0.3) is 11.4 Å². The van der Waals surface area contributed by atoms with E-state index < -0.39 is 0 Å². The Labute approximate surface area is 166 Å². The van der Waals surface area contributed by atoms with Gasteiger partial charge in [0.15, 0.2) is 11.0 Å². The fourth-order valence-corrected chi connectivity index (χ4v) is 3.36. The highest BCUT2D eigenvalue weighted by molar-refractivity contribution is 8.00. The van der Waals surface area contributed by atoms with Crippen LogP contribution >= 0.6 is 23.4 Å². The van der Waals surface area contributed by atoms with Gasteiger partial charge in [-0.3, -0.25) is 4.79 Å². The number of amides is 1. The first kappa shape index (κ1) is 19.3. The number of ether oxygens (including phenoxy) is 1. The Hall–Kier alpha value is -2.51. The molecule has 6 nitrogen and oxygen atoms in total. The summed E-state index contributed by atoms with van der Waals surface area (Å²) < 4.78 is 7.04. The zero-order valence-electron chi connectivity index (χ0n) is 15.1. The van der Waals surface area contributed by atoms with Crippen LogP contribution in [0.15, 0.2) is 53.7 Å². The highest BCUT2D eigenvalue weighted by Crippen LogP contribution is 2.27. The average molecular weight is 403 g/mol. The van der Waals surface area contributed by atoms with Gasteiger partial charge in [0.25, 0.3) is 0 Å². The molecule has 0 saturated heterocycles. The van der Waals surface area contributed by atoms with Gasteiger partial charge in [0.2, 0.25) is 5.91 Å². The van der Waals surface area contributed by atoms with E-state index in [0.717, 1.165) is 11.4 Å². The van der Waals surface area contributed by atoms with Crippen molar-refractivity contribution in [3.05, 3.63) is 53.6 Å². The molecular weight excluding hydrogens is 384 g/mol. The molecule has 27 heavy (non-hydrogen) atoms. The second kappa shape index (κ2) is 8.45. The highest BCUT2D eigenvalue weighted by Gasteiger charge is 2.19. The zero-order valence-corrected chi connectivity index (χ0v) is 16.7. The Kier molecular flexibility index (Phi) is 6.03. The molecule has 0 saturated carbocycles. The number of carbonyl (C=O) groups is 1. The molecule has 0 bridgehead atoms. The number of carbonyl (C=O) groups excluding carboxylic acids is 1. The van der Waals surface area contributed by atoms with Gasteiger partial charge < -0.3 is 14.6 Å². The topological polar surface area (TPSA) is 69.0 Å². The van der Waals surface area contributed by atoms with Crippen LogP contribution in [0.3, 0.4) is 0 Å². The van der Waals surface area contributed by atoms with E-state index in [4.69, 9.17) is 16.3 Å². The molecule has 0 fully saturated rings. The van der Waals surface area contributed by atoms with Gasteiger partial charge in [-0.1, -0.05) is 29.4 Å². The third-order valence-corrected chi connectivity index (χ3v) is 5.31. The Bertz CT molecular complexity index is 943. The molecular formula is C19H19ClN4O2S. The molecule has 140 valence electrons. The van der Waals surface area contributed by atoms with Crippen LogP contribution in [0.5, 0.6) is 5.75 Å². The average Bonchev–Trinajstić information content (AvgIpc) is 3.03. The number of anilines is 1. The molecule has 0 aliphatic heterocycles. The number of nitrogens with one attached hydrogen (secondary N) is 1. The van der Waals surface area contributed by atoms with Crippen LogP contribution in [0.4, 0.5) is 5.69 Å². The Morgan fingerprint density at radius 3 is 2.67 bits per heavy atom. The minimum absolute atomic E-state index is 0.121. The summed E-state index contributed by atoms with van der Waals surface area (Å²) in [6.07, 6.45) is 0. The summed E-state index contributed by atoms with van der Waals surface area (Å²) in [5.74, 6) is 1.29. The van der Waals surface area contributed by atoms with E-state index >= 15 is 0 Å². The van der Waals surface area contributed by atoms with E-state index in [-0.39, 0.29) is 11.2 Å². The summed E-state index contributed by atoms with van der Waals surface area (Å²) >= 11 is 7.28. The Morgan fingerprint density at radius 1 is 1.22 bits per heavy atom. The van der Waals surface area contributed by atoms with Gasteiger partial charge in [-0.2, -0.15) is 0 Å². The maximum atomic E-state index is 12.5. The van der Waals surface area contributed by atoms with Crippen molar-refractivity contribution >= 4 is 35.0 Å². The number of methoxy groups -OCH3 is 1. The van der Waals surface area contributed by atoms with Gasteiger partial charge in [-0.05, 0) is 43.3 Å². The van der Waals surface area contributed by atoms with Crippen molar-refractivity contribution in [2.45, 2.75) is 17.3 Å². The minimum Gasteiger partial charge on any atom is -0.497 e. The molecule has 1 aromatic heterocycles. The summed E-state index contributed by atoms with van der Waals surface area (Å²) in [5, 5.41) is 12.3. The minimum atomic E-state index is -0.350. The highest BCUT2D eigenvalue weighted by atomic mass is 35.5. The van der Waals surface area contributed by atoms with Gasteiger partial charge in [-0.25, -0.2) is 0 Å².